The molecular formula is C15H12N4O6. The molecule has 0 fully saturated rings. The lowest BCUT2D eigenvalue weighted by atomic mass is 10.1. The maximum absolute atomic E-state index is 12.2. The lowest BCUT2D eigenvalue weighted by molar-refractivity contribution is -0.394. The maximum atomic E-state index is 12.2. The Labute approximate surface area is 140 Å². The van der Waals surface area contributed by atoms with Crippen LogP contribution in [0.1, 0.15) is 17.3 Å². The Morgan fingerprint density at radius 3 is 1.92 bits per heavy atom. The first-order valence-corrected chi connectivity index (χ1v) is 6.90. The van der Waals surface area contributed by atoms with Crippen LogP contribution in [-0.4, -0.2) is 21.7 Å². The van der Waals surface area contributed by atoms with E-state index in [0.29, 0.717) is 11.4 Å². The summed E-state index contributed by atoms with van der Waals surface area (Å²) in [6.45, 7) is 1.35. The van der Waals surface area contributed by atoms with Gasteiger partial charge < -0.3 is 10.6 Å². The third kappa shape index (κ3) is 4.34. The number of rotatable bonds is 5. The van der Waals surface area contributed by atoms with Crippen molar-refractivity contribution >= 4 is 34.6 Å². The Hall–Kier alpha value is -3.82. The van der Waals surface area contributed by atoms with Crippen molar-refractivity contribution < 1.29 is 19.4 Å². The van der Waals surface area contributed by atoms with Crippen molar-refractivity contribution in [3.05, 3.63) is 68.3 Å². The molecule has 10 nitrogen and oxygen atoms in total. The summed E-state index contributed by atoms with van der Waals surface area (Å²) in [5.74, 6) is -1.04. The summed E-state index contributed by atoms with van der Waals surface area (Å²) < 4.78 is 0. The zero-order valence-corrected chi connectivity index (χ0v) is 12.9. The molecule has 25 heavy (non-hydrogen) atoms. The number of hydrogen-bond donors (Lipinski definition) is 2. The molecule has 0 heterocycles. The normalized spacial score (nSPS) is 9.96. The second-order valence-electron chi connectivity index (χ2n) is 4.93. The molecule has 2 N–H and O–H groups in total. The molecule has 0 saturated carbocycles. The molecule has 0 aliphatic carbocycles. The molecule has 2 aromatic carbocycles. The van der Waals surface area contributed by atoms with Crippen LogP contribution in [-0.2, 0) is 4.79 Å². The van der Waals surface area contributed by atoms with E-state index in [1.165, 1.54) is 19.1 Å². The van der Waals surface area contributed by atoms with E-state index in [1.54, 1.807) is 12.1 Å². The van der Waals surface area contributed by atoms with Crippen molar-refractivity contribution in [3.63, 3.8) is 0 Å². The van der Waals surface area contributed by atoms with E-state index in [9.17, 15) is 29.8 Å². The molecule has 0 unspecified atom stereocenters. The monoisotopic (exact) mass is 344 g/mol. The molecular weight excluding hydrogens is 332 g/mol. The number of nitro benzene ring substituents is 2. The Kier molecular flexibility index (Phi) is 5.03. The highest BCUT2D eigenvalue weighted by Crippen LogP contribution is 2.25. The first-order valence-electron chi connectivity index (χ1n) is 6.90. The minimum Gasteiger partial charge on any atom is -0.326 e. The lowest BCUT2D eigenvalue weighted by Gasteiger charge is -2.07. The molecule has 128 valence electrons. The second-order valence-corrected chi connectivity index (χ2v) is 4.93. The van der Waals surface area contributed by atoms with Gasteiger partial charge in [0.05, 0.1) is 15.9 Å². The summed E-state index contributed by atoms with van der Waals surface area (Å²) in [6.07, 6.45) is 0. The molecule has 0 aromatic heterocycles. The predicted molar refractivity (Wildman–Crippen MR) is 88.4 cm³/mol. The molecule has 0 bridgehead atoms. The van der Waals surface area contributed by atoms with Gasteiger partial charge in [-0.1, -0.05) is 0 Å². The second kappa shape index (κ2) is 7.17. The number of anilines is 2. The van der Waals surface area contributed by atoms with Crippen LogP contribution < -0.4 is 10.6 Å². The van der Waals surface area contributed by atoms with Crippen LogP contribution in [0.3, 0.4) is 0 Å². The van der Waals surface area contributed by atoms with Gasteiger partial charge in [-0.3, -0.25) is 29.8 Å². The molecule has 2 amide bonds. The summed E-state index contributed by atoms with van der Waals surface area (Å²) in [7, 11) is 0. The van der Waals surface area contributed by atoms with Crippen LogP contribution in [0.15, 0.2) is 42.5 Å². The molecule has 10 heteroatoms. The van der Waals surface area contributed by atoms with Crippen molar-refractivity contribution in [3.8, 4) is 0 Å². The highest BCUT2D eigenvalue weighted by Gasteiger charge is 2.24. The van der Waals surface area contributed by atoms with Gasteiger partial charge in [0.25, 0.3) is 17.3 Å². The van der Waals surface area contributed by atoms with Crippen molar-refractivity contribution in [2.24, 2.45) is 0 Å². The molecule has 0 aliphatic heterocycles. The number of nitrogens with zero attached hydrogens (tertiary/aromatic N) is 2. The van der Waals surface area contributed by atoms with Gasteiger partial charge >= 0.3 is 0 Å². The van der Waals surface area contributed by atoms with Crippen LogP contribution in [0.4, 0.5) is 22.7 Å². The van der Waals surface area contributed by atoms with E-state index in [1.807, 2.05) is 0 Å². The average Bonchev–Trinajstić information content (AvgIpc) is 2.55. The number of non-ortho nitro benzene ring substituents is 1. The molecule has 2 aromatic rings. The van der Waals surface area contributed by atoms with Crippen LogP contribution >= 0.6 is 0 Å². The van der Waals surface area contributed by atoms with Crippen molar-refractivity contribution in [2.45, 2.75) is 6.92 Å². The number of nitrogens with one attached hydrogen (secondary N) is 2. The van der Waals surface area contributed by atoms with E-state index in [0.717, 1.165) is 18.2 Å². The fourth-order valence-corrected chi connectivity index (χ4v) is 2.02. The largest absolute Gasteiger partial charge is 0.326 e. The van der Waals surface area contributed by atoms with Gasteiger partial charge in [0.15, 0.2) is 0 Å². The Morgan fingerprint density at radius 2 is 1.44 bits per heavy atom. The number of carbonyl (C=O) groups excluding carboxylic acids is 2. The molecule has 0 spiro atoms. The summed E-state index contributed by atoms with van der Waals surface area (Å²) >= 11 is 0. The van der Waals surface area contributed by atoms with Gasteiger partial charge in [-0.15, -0.1) is 0 Å². The average molecular weight is 344 g/mol. The molecule has 0 radical (unpaired) electrons. The highest BCUT2D eigenvalue weighted by molar-refractivity contribution is 6.07. The van der Waals surface area contributed by atoms with Crippen LogP contribution in [0.2, 0.25) is 0 Å². The van der Waals surface area contributed by atoms with Gasteiger partial charge in [0.1, 0.15) is 5.56 Å². The van der Waals surface area contributed by atoms with Gasteiger partial charge in [-0.2, -0.15) is 0 Å². The summed E-state index contributed by atoms with van der Waals surface area (Å²) in [5.41, 5.74) is -0.593. The van der Waals surface area contributed by atoms with Gasteiger partial charge in [0, 0.05) is 24.4 Å². The van der Waals surface area contributed by atoms with E-state index in [4.69, 9.17) is 0 Å². The number of hydrogen-bond acceptors (Lipinski definition) is 6. The quantitative estimate of drug-likeness (QED) is 0.630. The number of benzene rings is 2. The summed E-state index contributed by atoms with van der Waals surface area (Å²) in [6, 6.07) is 8.86. The van der Waals surface area contributed by atoms with E-state index < -0.39 is 27.1 Å². The number of nitro groups is 2. The van der Waals surface area contributed by atoms with Crippen molar-refractivity contribution in [1.82, 2.24) is 0 Å². The standard InChI is InChI=1S/C15H12N4O6/c1-9(20)16-10-2-4-11(5-3-10)17-15(21)13-7-6-12(18(22)23)8-14(13)19(24)25/h2-8H,1H3,(H,16,20)(H,17,21). The predicted octanol–water partition coefficient (Wildman–Crippen LogP) is 2.71. The topological polar surface area (TPSA) is 144 Å². The third-order valence-electron chi connectivity index (χ3n) is 3.10. The molecule has 0 aliphatic rings. The maximum Gasteiger partial charge on any atom is 0.289 e. The molecule has 2 rings (SSSR count). The zero-order valence-electron chi connectivity index (χ0n) is 12.9. The highest BCUT2D eigenvalue weighted by atomic mass is 16.6. The van der Waals surface area contributed by atoms with Crippen molar-refractivity contribution in [2.75, 3.05) is 10.6 Å². The summed E-state index contributed by atoms with van der Waals surface area (Å²) in [5, 5.41) is 26.8. The Morgan fingerprint density at radius 1 is 0.880 bits per heavy atom. The minimum atomic E-state index is -0.859. The number of carbonyl (C=O) groups is 2. The minimum absolute atomic E-state index is 0.252. The Balaban J connectivity index is 2.24. The van der Waals surface area contributed by atoms with Gasteiger partial charge in [-0.05, 0) is 30.3 Å². The van der Waals surface area contributed by atoms with E-state index >= 15 is 0 Å². The molecule has 0 atom stereocenters. The lowest BCUT2D eigenvalue weighted by Crippen LogP contribution is -2.14. The van der Waals surface area contributed by atoms with Crippen LogP contribution in [0.5, 0.6) is 0 Å². The van der Waals surface area contributed by atoms with Gasteiger partial charge in [-0.25, -0.2) is 0 Å². The summed E-state index contributed by atoms with van der Waals surface area (Å²) in [4.78, 5) is 43.3. The van der Waals surface area contributed by atoms with E-state index in [-0.39, 0.29) is 11.5 Å². The van der Waals surface area contributed by atoms with Gasteiger partial charge in [0.2, 0.25) is 5.91 Å². The Bertz CT molecular complexity index is 863. The first-order chi connectivity index (χ1) is 11.8. The first kappa shape index (κ1) is 17.5. The third-order valence-corrected chi connectivity index (χ3v) is 3.10. The SMILES string of the molecule is CC(=O)Nc1ccc(NC(=O)c2ccc([N+](=O)[O-])cc2[N+](=O)[O-])cc1. The van der Waals surface area contributed by atoms with Crippen molar-refractivity contribution in [1.29, 1.82) is 0 Å². The fourth-order valence-electron chi connectivity index (χ4n) is 2.02. The number of amides is 2. The van der Waals surface area contributed by atoms with Crippen LogP contribution in [0.25, 0.3) is 0 Å². The fraction of sp³-hybridized carbons (Fsp3) is 0.0667. The molecule has 0 saturated heterocycles. The smallest absolute Gasteiger partial charge is 0.289 e. The van der Waals surface area contributed by atoms with E-state index in [2.05, 4.69) is 10.6 Å². The van der Waals surface area contributed by atoms with Crippen LogP contribution in [0, 0.1) is 20.2 Å². The zero-order chi connectivity index (χ0) is 18.6.